The molecule has 23 heavy (non-hydrogen) atoms. The first-order chi connectivity index (χ1) is 10.9. The second-order valence-electron chi connectivity index (χ2n) is 7.10. The molecule has 0 radical (unpaired) electrons. The molecule has 1 heterocycles. The monoisotopic (exact) mass is 303 g/mol. The molecule has 0 bridgehead atoms. The molecule has 2 aromatic carbocycles. The highest BCUT2D eigenvalue weighted by Crippen LogP contribution is 2.27. The maximum Gasteiger partial charge on any atom is 0.0712 e. The Morgan fingerprint density at radius 2 is 1.57 bits per heavy atom. The summed E-state index contributed by atoms with van der Waals surface area (Å²) in [4.78, 5) is 4.94. The SMILES string of the molecule is Cc1cc(C)cc(-c2ccc3c(CC(C)C)c(C)ccc3n2)c1. The van der Waals surface area contributed by atoms with E-state index in [0.717, 1.165) is 17.6 Å². The van der Waals surface area contributed by atoms with Crippen LogP contribution in [0.3, 0.4) is 0 Å². The molecule has 3 aromatic rings. The zero-order chi connectivity index (χ0) is 16.6. The number of benzene rings is 2. The Bertz CT molecular complexity index is 839. The minimum absolute atomic E-state index is 0.651. The van der Waals surface area contributed by atoms with E-state index in [-0.39, 0.29) is 0 Å². The molecule has 0 saturated carbocycles. The van der Waals surface area contributed by atoms with Crippen LogP contribution < -0.4 is 0 Å². The molecule has 1 heteroatoms. The molecular weight excluding hydrogens is 278 g/mol. The van der Waals surface area contributed by atoms with Gasteiger partial charge in [0.25, 0.3) is 0 Å². The Balaban J connectivity index is 2.14. The third-order valence-electron chi connectivity index (χ3n) is 4.35. The van der Waals surface area contributed by atoms with E-state index in [4.69, 9.17) is 4.98 Å². The normalized spacial score (nSPS) is 11.4. The van der Waals surface area contributed by atoms with Crippen molar-refractivity contribution >= 4 is 10.9 Å². The van der Waals surface area contributed by atoms with E-state index in [9.17, 15) is 0 Å². The highest BCUT2D eigenvalue weighted by Gasteiger charge is 2.09. The summed E-state index contributed by atoms with van der Waals surface area (Å²) in [6.45, 7) is 11.0. The van der Waals surface area contributed by atoms with E-state index in [2.05, 4.69) is 77.1 Å². The van der Waals surface area contributed by atoms with Gasteiger partial charge in [0.05, 0.1) is 11.2 Å². The number of hydrogen-bond acceptors (Lipinski definition) is 1. The van der Waals surface area contributed by atoms with Crippen LogP contribution in [0.5, 0.6) is 0 Å². The van der Waals surface area contributed by atoms with E-state index < -0.39 is 0 Å². The molecule has 0 amide bonds. The lowest BCUT2D eigenvalue weighted by Crippen LogP contribution is -1.99. The van der Waals surface area contributed by atoms with Crippen LogP contribution in [0.4, 0.5) is 0 Å². The molecule has 0 aliphatic heterocycles. The summed E-state index contributed by atoms with van der Waals surface area (Å²) >= 11 is 0. The summed E-state index contributed by atoms with van der Waals surface area (Å²) in [5.74, 6) is 0.651. The van der Waals surface area contributed by atoms with Gasteiger partial charge in [0.2, 0.25) is 0 Å². The second-order valence-corrected chi connectivity index (χ2v) is 7.10. The largest absolute Gasteiger partial charge is 0.248 e. The lowest BCUT2D eigenvalue weighted by molar-refractivity contribution is 0.648. The zero-order valence-electron chi connectivity index (χ0n) is 14.8. The van der Waals surface area contributed by atoms with Gasteiger partial charge in [0, 0.05) is 10.9 Å². The van der Waals surface area contributed by atoms with E-state index >= 15 is 0 Å². The molecule has 0 spiro atoms. The van der Waals surface area contributed by atoms with Crippen molar-refractivity contribution < 1.29 is 0 Å². The van der Waals surface area contributed by atoms with Crippen molar-refractivity contribution in [1.82, 2.24) is 4.98 Å². The van der Waals surface area contributed by atoms with E-state index in [1.807, 2.05) is 0 Å². The molecule has 0 unspecified atom stereocenters. The van der Waals surface area contributed by atoms with Gasteiger partial charge in [-0.25, -0.2) is 4.98 Å². The van der Waals surface area contributed by atoms with Crippen LogP contribution in [0, 0.1) is 26.7 Å². The summed E-state index contributed by atoms with van der Waals surface area (Å²) in [6.07, 6.45) is 1.10. The Kier molecular flexibility index (Phi) is 4.21. The number of hydrogen-bond donors (Lipinski definition) is 0. The topological polar surface area (TPSA) is 12.9 Å². The number of aryl methyl sites for hydroxylation is 3. The number of pyridine rings is 1. The van der Waals surface area contributed by atoms with Crippen LogP contribution >= 0.6 is 0 Å². The average Bonchev–Trinajstić information content (AvgIpc) is 2.48. The Morgan fingerprint density at radius 1 is 0.870 bits per heavy atom. The fourth-order valence-electron chi connectivity index (χ4n) is 3.34. The molecule has 0 atom stereocenters. The summed E-state index contributed by atoms with van der Waals surface area (Å²) in [5.41, 5.74) is 8.74. The first-order valence-corrected chi connectivity index (χ1v) is 8.42. The number of rotatable bonds is 3. The van der Waals surface area contributed by atoms with Crippen molar-refractivity contribution in [2.75, 3.05) is 0 Å². The number of fused-ring (bicyclic) bond motifs is 1. The molecular formula is C22H25N. The van der Waals surface area contributed by atoms with Crippen LogP contribution in [0.2, 0.25) is 0 Å². The highest BCUT2D eigenvalue weighted by atomic mass is 14.7. The summed E-state index contributed by atoms with van der Waals surface area (Å²) in [7, 11) is 0. The molecule has 1 aromatic heterocycles. The van der Waals surface area contributed by atoms with Crippen LogP contribution in [0.25, 0.3) is 22.2 Å². The minimum atomic E-state index is 0.651. The van der Waals surface area contributed by atoms with Gasteiger partial charge in [-0.2, -0.15) is 0 Å². The van der Waals surface area contributed by atoms with Gasteiger partial charge in [-0.15, -0.1) is 0 Å². The number of nitrogens with zero attached hydrogens (tertiary/aromatic N) is 1. The standard InChI is InChI=1S/C22H25N/c1-14(2)10-20-17(5)6-8-22-19(20)7-9-21(23-22)18-12-15(3)11-16(4)13-18/h6-9,11-14H,10H2,1-5H3. The minimum Gasteiger partial charge on any atom is -0.248 e. The first-order valence-electron chi connectivity index (χ1n) is 8.42. The molecule has 0 N–H and O–H groups in total. The van der Waals surface area contributed by atoms with Gasteiger partial charge < -0.3 is 0 Å². The molecule has 1 nitrogen and oxygen atoms in total. The van der Waals surface area contributed by atoms with E-state index in [1.54, 1.807) is 0 Å². The van der Waals surface area contributed by atoms with Crippen LogP contribution in [0.15, 0.2) is 42.5 Å². The second kappa shape index (κ2) is 6.16. The highest BCUT2D eigenvalue weighted by molar-refractivity contribution is 5.85. The Morgan fingerprint density at radius 3 is 2.22 bits per heavy atom. The summed E-state index contributed by atoms with van der Waals surface area (Å²) in [6, 6.07) is 15.4. The summed E-state index contributed by atoms with van der Waals surface area (Å²) in [5, 5.41) is 1.30. The Labute approximate surface area is 139 Å². The van der Waals surface area contributed by atoms with Crippen molar-refractivity contribution in [3.63, 3.8) is 0 Å². The van der Waals surface area contributed by atoms with Crippen LogP contribution in [-0.2, 0) is 6.42 Å². The fraction of sp³-hybridized carbons (Fsp3) is 0.318. The lowest BCUT2D eigenvalue weighted by Gasteiger charge is -2.13. The van der Waals surface area contributed by atoms with Gasteiger partial charge >= 0.3 is 0 Å². The summed E-state index contributed by atoms with van der Waals surface area (Å²) < 4.78 is 0. The third kappa shape index (κ3) is 3.29. The number of aromatic nitrogens is 1. The average molecular weight is 303 g/mol. The fourth-order valence-corrected chi connectivity index (χ4v) is 3.34. The van der Waals surface area contributed by atoms with Gasteiger partial charge in [0.15, 0.2) is 0 Å². The smallest absolute Gasteiger partial charge is 0.0712 e. The van der Waals surface area contributed by atoms with Crippen LogP contribution in [-0.4, -0.2) is 4.98 Å². The molecule has 0 aliphatic carbocycles. The first kappa shape index (κ1) is 15.7. The predicted octanol–water partition coefficient (Wildman–Crippen LogP) is 6.03. The predicted molar refractivity (Wildman–Crippen MR) is 99.9 cm³/mol. The lowest BCUT2D eigenvalue weighted by atomic mass is 9.94. The maximum atomic E-state index is 4.94. The van der Waals surface area contributed by atoms with Gasteiger partial charge in [-0.3, -0.25) is 0 Å². The van der Waals surface area contributed by atoms with Gasteiger partial charge in [-0.1, -0.05) is 43.2 Å². The molecule has 118 valence electrons. The zero-order valence-corrected chi connectivity index (χ0v) is 14.8. The van der Waals surface area contributed by atoms with E-state index in [1.165, 1.54) is 33.2 Å². The molecule has 3 rings (SSSR count). The quantitative estimate of drug-likeness (QED) is 0.576. The van der Waals surface area contributed by atoms with E-state index in [0.29, 0.717) is 5.92 Å². The van der Waals surface area contributed by atoms with Crippen molar-refractivity contribution in [3.8, 4) is 11.3 Å². The van der Waals surface area contributed by atoms with Gasteiger partial charge in [-0.05, 0) is 68.5 Å². The van der Waals surface area contributed by atoms with Crippen molar-refractivity contribution in [1.29, 1.82) is 0 Å². The molecule has 0 aliphatic rings. The maximum absolute atomic E-state index is 4.94. The third-order valence-corrected chi connectivity index (χ3v) is 4.35. The van der Waals surface area contributed by atoms with Crippen molar-refractivity contribution in [3.05, 3.63) is 64.7 Å². The van der Waals surface area contributed by atoms with Crippen molar-refractivity contribution in [2.45, 2.75) is 41.0 Å². The Hall–Kier alpha value is -2.15. The van der Waals surface area contributed by atoms with Crippen LogP contribution in [0.1, 0.15) is 36.1 Å². The van der Waals surface area contributed by atoms with Crippen molar-refractivity contribution in [2.24, 2.45) is 5.92 Å². The molecule has 0 fully saturated rings. The molecule has 0 saturated heterocycles. The van der Waals surface area contributed by atoms with Gasteiger partial charge in [0.1, 0.15) is 0 Å².